The Bertz CT molecular complexity index is 595. The number of esters is 1. The minimum atomic E-state index is -0.832. The van der Waals surface area contributed by atoms with Crippen LogP contribution in [0.5, 0.6) is 11.5 Å². The molecule has 1 atom stereocenters. The van der Waals surface area contributed by atoms with Gasteiger partial charge in [-0.2, -0.15) is 0 Å². The number of nitrogens with one attached hydrogen (secondary N) is 1. The number of amides is 1. The summed E-state index contributed by atoms with van der Waals surface area (Å²) >= 11 is 0. The van der Waals surface area contributed by atoms with Crippen molar-refractivity contribution in [1.82, 2.24) is 5.32 Å². The molecule has 0 aromatic heterocycles. The molecule has 0 unspecified atom stereocenters. The van der Waals surface area contributed by atoms with Crippen molar-refractivity contribution >= 4 is 11.9 Å². The summed E-state index contributed by atoms with van der Waals surface area (Å²) in [7, 11) is 1.51. The third kappa shape index (κ3) is 5.15. The molecular formula is C18H25NO5. The molecule has 24 heavy (non-hydrogen) atoms. The number of methoxy groups -OCH3 is 1. The zero-order chi connectivity index (χ0) is 17.7. The van der Waals surface area contributed by atoms with Crippen LogP contribution in [0, 0.1) is 5.92 Å². The van der Waals surface area contributed by atoms with Crippen molar-refractivity contribution in [3.63, 3.8) is 0 Å². The number of benzene rings is 1. The highest BCUT2D eigenvalue weighted by atomic mass is 16.5. The molecular weight excluding hydrogens is 310 g/mol. The molecule has 1 N–H and O–H groups in total. The summed E-state index contributed by atoms with van der Waals surface area (Å²) in [4.78, 5) is 24.1. The van der Waals surface area contributed by atoms with E-state index in [-0.39, 0.29) is 11.9 Å². The molecule has 132 valence electrons. The van der Waals surface area contributed by atoms with Gasteiger partial charge in [-0.25, -0.2) is 4.79 Å². The van der Waals surface area contributed by atoms with E-state index in [1.165, 1.54) is 7.11 Å². The molecule has 1 amide bonds. The van der Waals surface area contributed by atoms with Crippen molar-refractivity contribution in [3.05, 3.63) is 23.8 Å². The van der Waals surface area contributed by atoms with Gasteiger partial charge in [0.1, 0.15) is 0 Å². The van der Waals surface area contributed by atoms with Crippen molar-refractivity contribution < 1.29 is 23.8 Å². The van der Waals surface area contributed by atoms with E-state index >= 15 is 0 Å². The summed E-state index contributed by atoms with van der Waals surface area (Å²) in [6, 6.07) is 5.07. The molecule has 1 aromatic carbocycles. The van der Waals surface area contributed by atoms with Crippen LogP contribution in [-0.2, 0) is 9.53 Å². The SMILES string of the molecule is COc1cc(C(=O)O[C@@H](C)C(=O)NC2CC2)ccc1OCC(C)C. The summed E-state index contributed by atoms with van der Waals surface area (Å²) in [5.74, 6) is 0.574. The average molecular weight is 335 g/mol. The molecule has 0 saturated heterocycles. The maximum absolute atomic E-state index is 12.2. The Morgan fingerprint density at radius 3 is 2.50 bits per heavy atom. The zero-order valence-corrected chi connectivity index (χ0v) is 14.6. The van der Waals surface area contributed by atoms with Crippen molar-refractivity contribution in [2.24, 2.45) is 5.92 Å². The lowest BCUT2D eigenvalue weighted by molar-refractivity contribution is -0.129. The van der Waals surface area contributed by atoms with Crippen LogP contribution in [0.4, 0.5) is 0 Å². The Kier molecular flexibility index (Phi) is 6.06. The maximum atomic E-state index is 12.2. The summed E-state index contributed by atoms with van der Waals surface area (Å²) < 4.78 is 16.1. The molecule has 1 aliphatic rings. The molecule has 1 aliphatic carbocycles. The molecule has 0 radical (unpaired) electrons. The van der Waals surface area contributed by atoms with Crippen LogP contribution in [0.25, 0.3) is 0 Å². The zero-order valence-electron chi connectivity index (χ0n) is 14.6. The van der Waals surface area contributed by atoms with Gasteiger partial charge in [-0.1, -0.05) is 13.8 Å². The fourth-order valence-corrected chi connectivity index (χ4v) is 2.00. The predicted octanol–water partition coefficient (Wildman–Crippen LogP) is 2.55. The number of hydrogen-bond donors (Lipinski definition) is 1. The lowest BCUT2D eigenvalue weighted by atomic mass is 10.2. The third-order valence-electron chi connectivity index (χ3n) is 3.55. The molecule has 1 saturated carbocycles. The first-order valence-electron chi connectivity index (χ1n) is 8.23. The van der Waals surface area contributed by atoms with Gasteiger partial charge in [0.05, 0.1) is 19.3 Å². The first kappa shape index (κ1) is 18.1. The van der Waals surface area contributed by atoms with Crippen LogP contribution < -0.4 is 14.8 Å². The monoisotopic (exact) mass is 335 g/mol. The molecule has 2 rings (SSSR count). The Hall–Kier alpha value is -2.24. The highest BCUT2D eigenvalue weighted by Crippen LogP contribution is 2.29. The van der Waals surface area contributed by atoms with Crippen LogP contribution >= 0.6 is 0 Å². The summed E-state index contributed by atoms with van der Waals surface area (Å²) in [5.41, 5.74) is 0.315. The second-order valence-corrected chi connectivity index (χ2v) is 6.40. The van der Waals surface area contributed by atoms with Crippen LogP contribution in [0.15, 0.2) is 18.2 Å². The van der Waals surface area contributed by atoms with Gasteiger partial charge in [0, 0.05) is 6.04 Å². The fourth-order valence-electron chi connectivity index (χ4n) is 2.00. The Morgan fingerprint density at radius 1 is 1.21 bits per heavy atom. The van der Waals surface area contributed by atoms with Crippen LogP contribution in [0.2, 0.25) is 0 Å². The number of carbonyl (C=O) groups is 2. The standard InChI is InChI=1S/C18H25NO5/c1-11(2)10-23-15-8-5-13(9-16(15)22-4)18(21)24-12(3)17(20)19-14-6-7-14/h5,8-9,11-12,14H,6-7,10H2,1-4H3,(H,19,20)/t12-/m0/s1. The van der Waals surface area contributed by atoms with Crippen LogP contribution in [0.3, 0.4) is 0 Å². The van der Waals surface area contributed by atoms with Gasteiger partial charge in [0.2, 0.25) is 0 Å². The quantitative estimate of drug-likeness (QED) is 0.739. The van der Waals surface area contributed by atoms with Gasteiger partial charge in [-0.15, -0.1) is 0 Å². The van der Waals surface area contributed by atoms with E-state index < -0.39 is 12.1 Å². The Labute approximate surface area is 142 Å². The largest absolute Gasteiger partial charge is 0.493 e. The number of rotatable bonds is 8. The summed E-state index contributed by atoms with van der Waals surface area (Å²) in [6.07, 6.45) is 1.14. The third-order valence-corrected chi connectivity index (χ3v) is 3.55. The van der Waals surface area contributed by atoms with E-state index in [1.807, 2.05) is 13.8 Å². The normalized spacial score (nSPS) is 14.9. The molecule has 0 bridgehead atoms. The highest BCUT2D eigenvalue weighted by molar-refractivity contribution is 5.93. The predicted molar refractivity (Wildman–Crippen MR) is 89.4 cm³/mol. The van der Waals surface area contributed by atoms with Gasteiger partial charge >= 0.3 is 5.97 Å². The number of ether oxygens (including phenoxy) is 3. The molecule has 6 nitrogen and oxygen atoms in total. The number of carbonyl (C=O) groups excluding carboxylic acids is 2. The molecule has 0 aliphatic heterocycles. The second-order valence-electron chi connectivity index (χ2n) is 6.40. The van der Waals surface area contributed by atoms with Gasteiger partial charge in [0.15, 0.2) is 17.6 Å². The topological polar surface area (TPSA) is 73.9 Å². The van der Waals surface area contributed by atoms with Crippen LogP contribution in [-0.4, -0.2) is 37.7 Å². The van der Waals surface area contributed by atoms with Crippen molar-refractivity contribution in [3.8, 4) is 11.5 Å². The van der Waals surface area contributed by atoms with E-state index in [0.29, 0.717) is 29.6 Å². The van der Waals surface area contributed by atoms with Crippen LogP contribution in [0.1, 0.15) is 44.0 Å². The van der Waals surface area contributed by atoms with E-state index in [0.717, 1.165) is 12.8 Å². The molecule has 6 heteroatoms. The molecule has 1 fully saturated rings. The van der Waals surface area contributed by atoms with Gasteiger partial charge in [0.25, 0.3) is 5.91 Å². The van der Waals surface area contributed by atoms with E-state index in [1.54, 1.807) is 25.1 Å². The fraction of sp³-hybridized carbons (Fsp3) is 0.556. The summed E-state index contributed by atoms with van der Waals surface area (Å²) in [6.45, 7) is 6.21. The van der Waals surface area contributed by atoms with Gasteiger partial charge in [-0.3, -0.25) is 4.79 Å². The second kappa shape index (κ2) is 8.04. The van der Waals surface area contributed by atoms with Crippen molar-refractivity contribution in [1.29, 1.82) is 0 Å². The van der Waals surface area contributed by atoms with E-state index in [4.69, 9.17) is 14.2 Å². The Morgan fingerprint density at radius 2 is 1.92 bits per heavy atom. The highest BCUT2D eigenvalue weighted by Gasteiger charge is 2.27. The number of hydrogen-bond acceptors (Lipinski definition) is 5. The summed E-state index contributed by atoms with van der Waals surface area (Å²) in [5, 5.41) is 2.81. The van der Waals surface area contributed by atoms with Crippen molar-refractivity contribution in [2.75, 3.05) is 13.7 Å². The van der Waals surface area contributed by atoms with E-state index in [9.17, 15) is 9.59 Å². The van der Waals surface area contributed by atoms with E-state index in [2.05, 4.69) is 5.32 Å². The minimum absolute atomic E-state index is 0.233. The first-order chi connectivity index (χ1) is 11.4. The smallest absolute Gasteiger partial charge is 0.339 e. The Balaban J connectivity index is 1.99. The maximum Gasteiger partial charge on any atom is 0.339 e. The first-order valence-corrected chi connectivity index (χ1v) is 8.23. The lowest BCUT2D eigenvalue weighted by Gasteiger charge is -2.15. The van der Waals surface area contributed by atoms with Gasteiger partial charge in [-0.05, 0) is 43.9 Å². The van der Waals surface area contributed by atoms with Gasteiger partial charge < -0.3 is 19.5 Å². The lowest BCUT2D eigenvalue weighted by Crippen LogP contribution is -2.37. The molecule has 1 aromatic rings. The average Bonchev–Trinajstić information content (AvgIpc) is 3.36. The minimum Gasteiger partial charge on any atom is -0.493 e. The van der Waals surface area contributed by atoms with Crippen molar-refractivity contribution in [2.45, 2.75) is 45.8 Å². The molecule has 0 heterocycles. The molecule has 0 spiro atoms.